The Morgan fingerprint density at radius 1 is 1.13 bits per heavy atom. The summed E-state index contributed by atoms with van der Waals surface area (Å²) < 4.78 is 0. The van der Waals surface area contributed by atoms with Gasteiger partial charge in [-0.2, -0.15) is 0 Å². The van der Waals surface area contributed by atoms with Crippen LogP contribution in [0.1, 0.15) is 91.9 Å². The average molecular weight is 417 g/mol. The van der Waals surface area contributed by atoms with Crippen LogP contribution >= 0.6 is 0 Å². The van der Waals surface area contributed by atoms with Crippen LogP contribution in [0.4, 0.5) is 0 Å². The van der Waals surface area contributed by atoms with Crippen LogP contribution in [0.3, 0.4) is 0 Å². The number of aliphatic hydroxyl groups is 3. The molecule has 3 saturated carbocycles. The molecule has 0 aliphatic heterocycles. The maximum Gasteiger partial charge on any atom is 0.166 e. The van der Waals surface area contributed by atoms with Crippen LogP contribution < -0.4 is 0 Å². The number of hydrogen-bond donors (Lipinski definition) is 3. The van der Waals surface area contributed by atoms with E-state index in [1.54, 1.807) is 0 Å². The summed E-state index contributed by atoms with van der Waals surface area (Å²) in [4.78, 5) is 0. The van der Waals surface area contributed by atoms with Gasteiger partial charge in [0.25, 0.3) is 0 Å². The quantitative estimate of drug-likeness (QED) is 0.472. The molecule has 0 spiro atoms. The molecular formula is C27H44O3. The Kier molecular flexibility index (Phi) is 7.37. The van der Waals surface area contributed by atoms with E-state index in [1.807, 2.05) is 0 Å². The number of allylic oxidation sites excluding steroid dienone is 4. The summed E-state index contributed by atoms with van der Waals surface area (Å²) in [6.07, 6.45) is 13.6. The van der Waals surface area contributed by atoms with Gasteiger partial charge in [0.15, 0.2) is 5.79 Å². The van der Waals surface area contributed by atoms with Crippen LogP contribution in [0.2, 0.25) is 0 Å². The van der Waals surface area contributed by atoms with Gasteiger partial charge in [-0.05, 0) is 67.3 Å². The summed E-state index contributed by atoms with van der Waals surface area (Å²) in [7, 11) is 0. The second kappa shape index (κ2) is 9.30. The molecule has 170 valence electrons. The van der Waals surface area contributed by atoms with Gasteiger partial charge < -0.3 is 15.3 Å². The Labute approximate surface area is 184 Å². The average Bonchev–Trinajstić information content (AvgIpc) is 2.87. The highest BCUT2D eigenvalue weighted by Gasteiger charge is 2.61. The molecule has 0 aromatic carbocycles. The van der Waals surface area contributed by atoms with Crippen LogP contribution in [-0.4, -0.2) is 27.2 Å². The summed E-state index contributed by atoms with van der Waals surface area (Å²) in [5, 5.41) is 32.2. The van der Waals surface area contributed by atoms with E-state index < -0.39 is 5.79 Å². The van der Waals surface area contributed by atoms with Gasteiger partial charge in [0.1, 0.15) is 0 Å². The minimum Gasteiger partial charge on any atom is -0.393 e. The SMILES string of the molecule is C=C1CC[C@H](O)C/C1=C\C=C1/CCC[C@]2(C)[C@H]1CC(O)(O)[C@@H]2[C@H](C)CCCC(C)C. The summed E-state index contributed by atoms with van der Waals surface area (Å²) in [6.45, 7) is 13.2. The fraction of sp³-hybridized carbons (Fsp3) is 0.778. The van der Waals surface area contributed by atoms with Crippen molar-refractivity contribution in [2.24, 2.45) is 29.1 Å². The van der Waals surface area contributed by atoms with E-state index in [2.05, 4.69) is 46.4 Å². The first-order valence-electron chi connectivity index (χ1n) is 12.2. The second-order valence-corrected chi connectivity index (χ2v) is 11.2. The zero-order chi connectivity index (χ0) is 22.1. The zero-order valence-corrected chi connectivity index (χ0v) is 19.7. The number of hydrogen-bond acceptors (Lipinski definition) is 3. The van der Waals surface area contributed by atoms with Crippen molar-refractivity contribution >= 4 is 0 Å². The van der Waals surface area contributed by atoms with E-state index in [-0.39, 0.29) is 23.4 Å². The van der Waals surface area contributed by atoms with Crippen molar-refractivity contribution in [2.45, 2.75) is 104 Å². The van der Waals surface area contributed by atoms with E-state index >= 15 is 0 Å². The lowest BCUT2D eigenvalue weighted by Gasteiger charge is -2.45. The molecule has 0 radical (unpaired) electrons. The molecule has 0 amide bonds. The summed E-state index contributed by atoms with van der Waals surface area (Å²) in [6, 6.07) is 0. The molecule has 5 atom stereocenters. The lowest BCUT2D eigenvalue weighted by molar-refractivity contribution is -0.210. The fourth-order valence-corrected chi connectivity index (χ4v) is 6.85. The predicted molar refractivity (Wildman–Crippen MR) is 124 cm³/mol. The molecule has 0 saturated heterocycles. The molecule has 0 unspecified atom stereocenters. The number of aliphatic hydroxyl groups excluding tert-OH is 1. The Hall–Kier alpha value is -0.900. The van der Waals surface area contributed by atoms with Crippen molar-refractivity contribution in [3.05, 3.63) is 35.5 Å². The lowest BCUT2D eigenvalue weighted by atomic mass is 9.60. The topological polar surface area (TPSA) is 60.7 Å². The maximum atomic E-state index is 11.1. The van der Waals surface area contributed by atoms with Gasteiger partial charge in [-0.3, -0.25) is 0 Å². The fourth-order valence-electron chi connectivity index (χ4n) is 6.85. The molecule has 3 fully saturated rings. The molecule has 0 heterocycles. The molecule has 3 N–H and O–H groups in total. The molecule has 3 aliphatic carbocycles. The van der Waals surface area contributed by atoms with Gasteiger partial charge in [0.05, 0.1) is 6.10 Å². The minimum atomic E-state index is -1.59. The molecule has 3 heteroatoms. The Balaban J connectivity index is 1.81. The third-order valence-electron chi connectivity index (χ3n) is 8.34. The molecular weight excluding hydrogens is 372 g/mol. The smallest absolute Gasteiger partial charge is 0.166 e. The third kappa shape index (κ3) is 4.95. The molecule has 0 aromatic heterocycles. The van der Waals surface area contributed by atoms with Crippen molar-refractivity contribution in [2.75, 3.05) is 0 Å². The lowest BCUT2D eigenvalue weighted by Crippen LogP contribution is -2.44. The Bertz CT molecular complexity index is 686. The molecule has 0 aromatic rings. The standard InChI is InChI=1S/C27H44O3/c1-18(2)8-6-9-20(4)25-26(5)15-7-10-21(24(26)17-27(25,29)30)12-13-22-16-23(28)14-11-19(22)3/h12-13,18,20,23-25,28-30H,3,6-11,14-17H2,1-2,4-5H3/b21-12+,22-13+/t20-,23+,24+,25-,26-/m1/s1. The summed E-state index contributed by atoms with van der Waals surface area (Å²) in [5.41, 5.74) is 3.59. The Morgan fingerprint density at radius 2 is 1.87 bits per heavy atom. The van der Waals surface area contributed by atoms with Crippen molar-refractivity contribution in [3.8, 4) is 0 Å². The first-order chi connectivity index (χ1) is 14.0. The van der Waals surface area contributed by atoms with E-state index in [0.717, 1.165) is 56.1 Å². The van der Waals surface area contributed by atoms with Crippen LogP contribution in [-0.2, 0) is 0 Å². The molecule has 0 bridgehead atoms. The highest BCUT2D eigenvalue weighted by Crippen LogP contribution is 2.62. The van der Waals surface area contributed by atoms with E-state index in [1.165, 1.54) is 12.0 Å². The van der Waals surface area contributed by atoms with Gasteiger partial charge in [0, 0.05) is 12.3 Å². The first kappa shape index (κ1) is 23.8. The van der Waals surface area contributed by atoms with Crippen molar-refractivity contribution in [3.63, 3.8) is 0 Å². The normalized spacial score (nSPS) is 37.7. The van der Waals surface area contributed by atoms with Gasteiger partial charge in [-0.25, -0.2) is 0 Å². The van der Waals surface area contributed by atoms with Gasteiger partial charge in [-0.15, -0.1) is 0 Å². The highest BCUT2D eigenvalue weighted by molar-refractivity contribution is 5.36. The van der Waals surface area contributed by atoms with E-state index in [0.29, 0.717) is 24.7 Å². The predicted octanol–water partition coefficient (Wildman–Crippen LogP) is 5.91. The number of fused-ring (bicyclic) bond motifs is 1. The van der Waals surface area contributed by atoms with Crippen LogP contribution in [0.5, 0.6) is 0 Å². The molecule has 3 aliphatic rings. The monoisotopic (exact) mass is 416 g/mol. The van der Waals surface area contributed by atoms with Gasteiger partial charge in [0.2, 0.25) is 0 Å². The molecule has 3 nitrogen and oxygen atoms in total. The highest BCUT2D eigenvalue weighted by atomic mass is 16.5. The third-order valence-corrected chi connectivity index (χ3v) is 8.34. The largest absolute Gasteiger partial charge is 0.393 e. The van der Waals surface area contributed by atoms with Gasteiger partial charge in [-0.1, -0.05) is 76.8 Å². The maximum absolute atomic E-state index is 11.1. The van der Waals surface area contributed by atoms with E-state index in [4.69, 9.17) is 0 Å². The van der Waals surface area contributed by atoms with Crippen LogP contribution in [0, 0.1) is 29.1 Å². The molecule has 3 rings (SSSR count). The van der Waals surface area contributed by atoms with Crippen LogP contribution in [0.15, 0.2) is 35.5 Å². The van der Waals surface area contributed by atoms with E-state index in [9.17, 15) is 15.3 Å². The summed E-state index contributed by atoms with van der Waals surface area (Å²) >= 11 is 0. The van der Waals surface area contributed by atoms with Crippen molar-refractivity contribution < 1.29 is 15.3 Å². The first-order valence-corrected chi connectivity index (χ1v) is 12.2. The molecule has 30 heavy (non-hydrogen) atoms. The van der Waals surface area contributed by atoms with Crippen LogP contribution in [0.25, 0.3) is 0 Å². The second-order valence-electron chi connectivity index (χ2n) is 11.2. The van der Waals surface area contributed by atoms with Gasteiger partial charge >= 0.3 is 0 Å². The summed E-state index contributed by atoms with van der Waals surface area (Å²) in [5.74, 6) is -0.442. The number of rotatable bonds is 6. The zero-order valence-electron chi connectivity index (χ0n) is 19.7. The van der Waals surface area contributed by atoms with Crippen molar-refractivity contribution in [1.29, 1.82) is 0 Å². The minimum absolute atomic E-state index is 0.0631. The Morgan fingerprint density at radius 3 is 2.57 bits per heavy atom. The van der Waals surface area contributed by atoms with Crippen molar-refractivity contribution in [1.82, 2.24) is 0 Å².